The van der Waals surface area contributed by atoms with Crippen LogP contribution in [-0.4, -0.2) is 29.3 Å². The van der Waals surface area contributed by atoms with Crippen LogP contribution in [0, 0.1) is 6.92 Å². The predicted octanol–water partition coefficient (Wildman–Crippen LogP) is 3.67. The molecular weight excluding hydrogens is 368 g/mol. The van der Waals surface area contributed by atoms with Crippen molar-refractivity contribution in [2.75, 3.05) is 13.2 Å². The number of rotatable bonds is 6. The van der Waals surface area contributed by atoms with Crippen LogP contribution in [0.15, 0.2) is 48.5 Å². The number of hydrogen-bond donors (Lipinski definition) is 3. The molecule has 0 aliphatic carbocycles. The molecule has 0 aliphatic rings. The second-order valence-corrected chi connectivity index (χ2v) is 7.08. The number of carbonyl (C=O) groups excluding carboxylic acids is 1. The molecule has 0 fully saturated rings. The third kappa shape index (κ3) is 4.01. The van der Waals surface area contributed by atoms with Gasteiger partial charge in [0, 0.05) is 10.3 Å². The number of nitrogens with one attached hydrogen (secondary N) is 2. The lowest BCUT2D eigenvalue weighted by Crippen LogP contribution is -2.27. The van der Waals surface area contributed by atoms with Gasteiger partial charge in [-0.05, 0) is 48.2 Å². The summed E-state index contributed by atoms with van der Waals surface area (Å²) in [5.41, 5.74) is 3.64. The monoisotopic (exact) mass is 386 g/mol. The molecule has 0 spiro atoms. The molecule has 0 atom stereocenters. The van der Waals surface area contributed by atoms with Gasteiger partial charge in [0.25, 0.3) is 5.91 Å². The number of fused-ring (bicyclic) bond motifs is 1. The summed E-state index contributed by atoms with van der Waals surface area (Å²) in [6, 6.07) is 15.0. The van der Waals surface area contributed by atoms with Crippen LogP contribution < -0.4 is 15.5 Å². The molecule has 0 saturated heterocycles. The molecule has 1 amide bonds. The molecule has 134 valence electrons. The van der Waals surface area contributed by atoms with Gasteiger partial charge in [-0.3, -0.25) is 15.5 Å². The maximum atomic E-state index is 12.4. The SMILES string of the molecule is Cc1c(C(=O)NCCOc2ccc(C(=S)NO)cc2)sc2ccccc12. The van der Waals surface area contributed by atoms with Crippen LogP contribution in [0.1, 0.15) is 20.8 Å². The topological polar surface area (TPSA) is 70.6 Å². The number of thiocarbonyl (C=S) groups is 1. The minimum absolute atomic E-state index is 0.0815. The Morgan fingerprint density at radius 2 is 1.92 bits per heavy atom. The number of carbonyl (C=O) groups is 1. The number of hydrogen-bond acceptors (Lipinski definition) is 5. The summed E-state index contributed by atoms with van der Waals surface area (Å²) in [4.78, 5) is 13.4. The molecule has 3 aromatic rings. The molecule has 0 bridgehead atoms. The van der Waals surface area contributed by atoms with Crippen molar-refractivity contribution in [1.82, 2.24) is 10.8 Å². The first-order chi connectivity index (χ1) is 12.6. The second kappa shape index (κ2) is 8.27. The summed E-state index contributed by atoms with van der Waals surface area (Å²) < 4.78 is 6.73. The van der Waals surface area contributed by atoms with Crippen molar-refractivity contribution in [3.63, 3.8) is 0 Å². The van der Waals surface area contributed by atoms with Crippen LogP contribution in [-0.2, 0) is 0 Å². The Labute approximate surface area is 160 Å². The Hall–Kier alpha value is -2.48. The minimum atomic E-state index is -0.0815. The van der Waals surface area contributed by atoms with E-state index in [0.29, 0.717) is 24.5 Å². The number of aryl methyl sites for hydroxylation is 1. The second-order valence-electron chi connectivity index (χ2n) is 5.62. The highest BCUT2D eigenvalue weighted by atomic mass is 32.1. The van der Waals surface area contributed by atoms with E-state index in [0.717, 1.165) is 20.5 Å². The lowest BCUT2D eigenvalue weighted by atomic mass is 10.1. The van der Waals surface area contributed by atoms with Crippen molar-refractivity contribution < 1.29 is 14.7 Å². The summed E-state index contributed by atoms with van der Waals surface area (Å²) in [5, 5.41) is 12.8. The van der Waals surface area contributed by atoms with Gasteiger partial charge in [0.2, 0.25) is 0 Å². The Morgan fingerprint density at radius 3 is 2.62 bits per heavy atom. The van der Waals surface area contributed by atoms with Crippen LogP contribution in [0.2, 0.25) is 0 Å². The fraction of sp³-hybridized carbons (Fsp3) is 0.158. The zero-order valence-corrected chi connectivity index (χ0v) is 15.7. The van der Waals surface area contributed by atoms with Crippen LogP contribution >= 0.6 is 23.6 Å². The Kier molecular flexibility index (Phi) is 5.82. The average molecular weight is 386 g/mol. The summed E-state index contributed by atoms with van der Waals surface area (Å²) in [7, 11) is 0. The van der Waals surface area contributed by atoms with Gasteiger partial charge in [-0.2, -0.15) is 0 Å². The standard InChI is InChI=1S/C19H18N2O3S2/c1-12-15-4-2-3-5-16(15)26-17(12)18(22)20-10-11-24-14-8-6-13(7-9-14)19(25)21-23/h2-9,23H,10-11H2,1H3,(H,20,22)(H,21,25). The number of benzene rings is 2. The number of ether oxygens (including phenoxy) is 1. The highest BCUT2D eigenvalue weighted by molar-refractivity contribution is 7.80. The summed E-state index contributed by atoms with van der Waals surface area (Å²) in [5.74, 6) is 0.587. The van der Waals surface area contributed by atoms with Crippen molar-refractivity contribution in [3.05, 3.63) is 64.5 Å². The van der Waals surface area contributed by atoms with Crippen molar-refractivity contribution in [3.8, 4) is 5.75 Å². The van der Waals surface area contributed by atoms with Gasteiger partial charge in [-0.15, -0.1) is 11.3 Å². The largest absolute Gasteiger partial charge is 0.492 e. The van der Waals surface area contributed by atoms with E-state index in [4.69, 9.17) is 22.2 Å². The van der Waals surface area contributed by atoms with Gasteiger partial charge in [-0.25, -0.2) is 0 Å². The summed E-state index contributed by atoms with van der Waals surface area (Å²) in [6.07, 6.45) is 0. The van der Waals surface area contributed by atoms with E-state index in [1.54, 1.807) is 24.3 Å². The molecule has 0 aliphatic heterocycles. The normalized spacial score (nSPS) is 10.5. The van der Waals surface area contributed by atoms with Crippen LogP contribution in [0.5, 0.6) is 5.75 Å². The van der Waals surface area contributed by atoms with Crippen molar-refractivity contribution in [2.45, 2.75) is 6.92 Å². The van der Waals surface area contributed by atoms with Crippen LogP contribution in [0.4, 0.5) is 0 Å². The molecule has 5 nitrogen and oxygen atoms in total. The molecule has 1 heterocycles. The lowest BCUT2D eigenvalue weighted by molar-refractivity contribution is 0.0950. The maximum Gasteiger partial charge on any atom is 0.261 e. The highest BCUT2D eigenvalue weighted by Crippen LogP contribution is 2.30. The van der Waals surface area contributed by atoms with Gasteiger partial charge in [0.05, 0.1) is 11.4 Å². The first-order valence-corrected chi connectivity index (χ1v) is 9.26. The quantitative estimate of drug-likeness (QED) is 0.343. The Morgan fingerprint density at radius 1 is 1.19 bits per heavy atom. The van der Waals surface area contributed by atoms with Gasteiger partial charge >= 0.3 is 0 Å². The van der Waals surface area contributed by atoms with Crippen molar-refractivity contribution in [2.24, 2.45) is 0 Å². The van der Waals surface area contributed by atoms with E-state index in [9.17, 15) is 4.79 Å². The zero-order chi connectivity index (χ0) is 18.5. The molecule has 1 aromatic heterocycles. The zero-order valence-electron chi connectivity index (χ0n) is 14.1. The average Bonchev–Trinajstić information content (AvgIpc) is 3.02. The maximum absolute atomic E-state index is 12.4. The Balaban J connectivity index is 1.52. The van der Waals surface area contributed by atoms with Gasteiger partial charge in [0.15, 0.2) is 0 Å². The number of amides is 1. The van der Waals surface area contributed by atoms with E-state index >= 15 is 0 Å². The molecule has 7 heteroatoms. The van der Waals surface area contributed by atoms with E-state index in [1.807, 2.05) is 36.7 Å². The predicted molar refractivity (Wildman–Crippen MR) is 107 cm³/mol. The smallest absolute Gasteiger partial charge is 0.261 e. The van der Waals surface area contributed by atoms with Gasteiger partial charge < -0.3 is 10.1 Å². The fourth-order valence-corrected chi connectivity index (χ4v) is 3.83. The van der Waals surface area contributed by atoms with Crippen molar-refractivity contribution in [1.29, 1.82) is 0 Å². The van der Waals surface area contributed by atoms with Crippen LogP contribution in [0.25, 0.3) is 10.1 Å². The number of hydroxylamine groups is 1. The van der Waals surface area contributed by atoms with Gasteiger partial charge in [-0.1, -0.05) is 30.4 Å². The third-order valence-electron chi connectivity index (χ3n) is 3.92. The molecule has 0 radical (unpaired) electrons. The first-order valence-electron chi connectivity index (χ1n) is 8.04. The molecule has 0 unspecified atom stereocenters. The van der Waals surface area contributed by atoms with Crippen LogP contribution in [0.3, 0.4) is 0 Å². The molecular formula is C19H18N2O3S2. The Bertz CT molecular complexity index is 936. The fourth-order valence-electron chi connectivity index (χ4n) is 2.57. The minimum Gasteiger partial charge on any atom is -0.492 e. The van der Waals surface area contributed by atoms with E-state index in [-0.39, 0.29) is 10.9 Å². The summed E-state index contributed by atoms with van der Waals surface area (Å²) >= 11 is 6.43. The van der Waals surface area contributed by atoms with E-state index < -0.39 is 0 Å². The van der Waals surface area contributed by atoms with E-state index in [2.05, 4.69) is 5.32 Å². The number of thiophene rings is 1. The molecule has 3 N–H and O–H groups in total. The lowest BCUT2D eigenvalue weighted by Gasteiger charge is -2.08. The molecule has 2 aromatic carbocycles. The highest BCUT2D eigenvalue weighted by Gasteiger charge is 2.14. The first kappa shape index (κ1) is 18.3. The summed E-state index contributed by atoms with van der Waals surface area (Å²) in [6.45, 7) is 2.74. The molecule has 26 heavy (non-hydrogen) atoms. The van der Waals surface area contributed by atoms with Crippen molar-refractivity contribution >= 4 is 44.5 Å². The van der Waals surface area contributed by atoms with Gasteiger partial charge in [0.1, 0.15) is 17.3 Å². The third-order valence-corrected chi connectivity index (χ3v) is 5.52. The molecule has 0 saturated carbocycles. The van der Waals surface area contributed by atoms with E-state index in [1.165, 1.54) is 11.3 Å². The molecule has 3 rings (SSSR count).